The van der Waals surface area contributed by atoms with Crippen molar-refractivity contribution in [3.05, 3.63) is 51.2 Å². The summed E-state index contributed by atoms with van der Waals surface area (Å²) < 4.78 is 0. The first-order valence-corrected chi connectivity index (χ1v) is 7.44. The van der Waals surface area contributed by atoms with Gasteiger partial charge < -0.3 is 4.90 Å². The smallest absolute Gasteiger partial charge is 0.227 e. The summed E-state index contributed by atoms with van der Waals surface area (Å²) in [7, 11) is 1.78. The zero-order chi connectivity index (χ0) is 14.3. The van der Waals surface area contributed by atoms with Crippen molar-refractivity contribution >= 4 is 28.7 Å². The predicted octanol–water partition coefficient (Wildman–Crippen LogP) is 3.20. The van der Waals surface area contributed by atoms with Crippen LogP contribution in [-0.4, -0.2) is 18.7 Å². The van der Waals surface area contributed by atoms with E-state index in [1.54, 1.807) is 11.9 Å². The highest BCUT2D eigenvalue weighted by Gasteiger charge is 2.22. The minimum atomic E-state index is 0.0693. The van der Waals surface area contributed by atoms with E-state index in [2.05, 4.69) is 0 Å². The molecule has 1 aromatic carbocycles. The lowest BCUT2D eigenvalue weighted by molar-refractivity contribution is -0.118. The van der Waals surface area contributed by atoms with Crippen LogP contribution in [0.15, 0.2) is 29.6 Å². The third-order valence-corrected chi connectivity index (χ3v) is 4.77. The number of rotatable bonds is 2. The van der Waals surface area contributed by atoms with Crippen LogP contribution in [0, 0.1) is 6.92 Å². The van der Waals surface area contributed by atoms with Crippen molar-refractivity contribution in [2.24, 2.45) is 0 Å². The molecule has 3 nitrogen and oxygen atoms in total. The molecule has 0 atom stereocenters. The second-order valence-corrected chi connectivity index (χ2v) is 5.97. The van der Waals surface area contributed by atoms with Crippen molar-refractivity contribution in [1.29, 1.82) is 0 Å². The number of carbonyl (C=O) groups excluding carboxylic acids is 2. The van der Waals surface area contributed by atoms with E-state index in [0.29, 0.717) is 18.4 Å². The summed E-state index contributed by atoms with van der Waals surface area (Å²) in [5.41, 5.74) is 3.72. The molecule has 0 saturated heterocycles. The number of carbonyl (C=O) groups is 2. The van der Waals surface area contributed by atoms with E-state index in [9.17, 15) is 9.59 Å². The van der Waals surface area contributed by atoms with Crippen molar-refractivity contribution in [2.45, 2.75) is 19.8 Å². The summed E-state index contributed by atoms with van der Waals surface area (Å²) in [5.74, 6) is 0.200. The van der Waals surface area contributed by atoms with Gasteiger partial charge in [-0.3, -0.25) is 9.59 Å². The summed E-state index contributed by atoms with van der Waals surface area (Å²) in [4.78, 5) is 26.6. The van der Waals surface area contributed by atoms with Gasteiger partial charge in [0, 0.05) is 24.7 Å². The third-order valence-electron chi connectivity index (χ3n) is 3.75. The first-order valence-electron chi connectivity index (χ1n) is 6.56. The van der Waals surface area contributed by atoms with Crippen LogP contribution in [0.3, 0.4) is 0 Å². The predicted molar refractivity (Wildman–Crippen MR) is 80.7 cm³/mol. The van der Waals surface area contributed by atoms with E-state index in [1.807, 2.05) is 36.6 Å². The van der Waals surface area contributed by atoms with Crippen LogP contribution >= 0.6 is 11.3 Å². The highest BCUT2D eigenvalue weighted by molar-refractivity contribution is 7.12. The van der Waals surface area contributed by atoms with Gasteiger partial charge in [-0.05, 0) is 54.1 Å². The largest absolute Gasteiger partial charge is 0.315 e. The van der Waals surface area contributed by atoms with Gasteiger partial charge in [-0.1, -0.05) is 0 Å². The molecular weight excluding hydrogens is 270 g/mol. The number of amides is 1. The van der Waals surface area contributed by atoms with Crippen LogP contribution in [0.25, 0.3) is 0 Å². The van der Waals surface area contributed by atoms with Crippen LogP contribution in [0.4, 0.5) is 5.69 Å². The zero-order valence-electron chi connectivity index (χ0n) is 11.5. The second-order valence-electron chi connectivity index (χ2n) is 5.06. The molecule has 0 bridgehead atoms. The lowest BCUT2D eigenvalue weighted by Gasteiger charge is -2.26. The Morgan fingerprint density at radius 2 is 2.05 bits per heavy atom. The fourth-order valence-electron chi connectivity index (χ4n) is 2.53. The normalized spacial score (nSPS) is 14.3. The fraction of sp³-hybridized carbons (Fsp3) is 0.250. The first-order chi connectivity index (χ1) is 9.58. The van der Waals surface area contributed by atoms with E-state index in [1.165, 1.54) is 11.3 Å². The molecule has 0 radical (unpaired) electrons. The Kier molecular flexibility index (Phi) is 3.18. The van der Waals surface area contributed by atoms with Crippen molar-refractivity contribution in [3.63, 3.8) is 0 Å². The van der Waals surface area contributed by atoms with Gasteiger partial charge in [0.1, 0.15) is 0 Å². The van der Waals surface area contributed by atoms with Crippen molar-refractivity contribution in [2.75, 3.05) is 11.9 Å². The number of thiophene rings is 1. The maximum absolute atomic E-state index is 12.5. The van der Waals surface area contributed by atoms with Crippen LogP contribution in [0.1, 0.15) is 32.8 Å². The summed E-state index contributed by atoms with van der Waals surface area (Å²) >= 11 is 1.48. The number of fused-ring (bicyclic) bond motifs is 1. The molecule has 0 saturated carbocycles. The van der Waals surface area contributed by atoms with E-state index in [0.717, 1.165) is 21.7 Å². The van der Waals surface area contributed by atoms with Gasteiger partial charge in [0.2, 0.25) is 11.7 Å². The van der Waals surface area contributed by atoms with Gasteiger partial charge in [-0.15, -0.1) is 11.3 Å². The number of anilines is 1. The number of benzene rings is 1. The summed E-state index contributed by atoms with van der Waals surface area (Å²) in [6.45, 7) is 1.95. The highest BCUT2D eigenvalue weighted by atomic mass is 32.1. The molecule has 2 aromatic rings. The average Bonchev–Trinajstić information content (AvgIpc) is 2.88. The quantitative estimate of drug-likeness (QED) is 0.795. The molecule has 1 aromatic heterocycles. The minimum absolute atomic E-state index is 0.0693. The van der Waals surface area contributed by atoms with Gasteiger partial charge >= 0.3 is 0 Å². The van der Waals surface area contributed by atoms with E-state index in [-0.39, 0.29) is 11.7 Å². The molecule has 0 aliphatic carbocycles. The molecule has 4 heteroatoms. The maximum atomic E-state index is 12.5. The summed E-state index contributed by atoms with van der Waals surface area (Å²) in [6.07, 6.45) is 1.22. The van der Waals surface area contributed by atoms with Crippen LogP contribution in [-0.2, 0) is 11.2 Å². The van der Waals surface area contributed by atoms with Gasteiger partial charge in [0.05, 0.1) is 4.88 Å². The number of nitrogens with zero attached hydrogens (tertiary/aromatic N) is 1. The topological polar surface area (TPSA) is 37.4 Å². The molecule has 20 heavy (non-hydrogen) atoms. The van der Waals surface area contributed by atoms with Crippen molar-refractivity contribution in [3.8, 4) is 0 Å². The third kappa shape index (κ3) is 2.06. The molecule has 1 amide bonds. The monoisotopic (exact) mass is 285 g/mol. The average molecular weight is 285 g/mol. The minimum Gasteiger partial charge on any atom is -0.315 e. The summed E-state index contributed by atoms with van der Waals surface area (Å²) in [6, 6.07) is 7.58. The lowest BCUT2D eigenvalue weighted by atomic mass is 9.97. The Labute approximate surface area is 121 Å². The van der Waals surface area contributed by atoms with Gasteiger partial charge in [0.15, 0.2) is 0 Å². The molecule has 1 aliphatic rings. The van der Waals surface area contributed by atoms with Gasteiger partial charge in [-0.25, -0.2) is 0 Å². The van der Waals surface area contributed by atoms with E-state index in [4.69, 9.17) is 0 Å². The molecular formula is C16H15NO2S. The van der Waals surface area contributed by atoms with Crippen molar-refractivity contribution < 1.29 is 9.59 Å². The van der Waals surface area contributed by atoms with Gasteiger partial charge in [-0.2, -0.15) is 0 Å². The molecule has 0 N–H and O–H groups in total. The van der Waals surface area contributed by atoms with Crippen LogP contribution < -0.4 is 4.90 Å². The van der Waals surface area contributed by atoms with E-state index >= 15 is 0 Å². The van der Waals surface area contributed by atoms with Gasteiger partial charge in [0.25, 0.3) is 0 Å². The Bertz CT molecular complexity index is 702. The zero-order valence-corrected chi connectivity index (χ0v) is 12.3. The van der Waals surface area contributed by atoms with Crippen LogP contribution in [0.5, 0.6) is 0 Å². The number of hydrogen-bond acceptors (Lipinski definition) is 3. The highest BCUT2D eigenvalue weighted by Crippen LogP contribution is 2.29. The molecule has 3 rings (SSSR count). The number of hydrogen-bond donors (Lipinski definition) is 0. The molecule has 102 valence electrons. The van der Waals surface area contributed by atoms with E-state index < -0.39 is 0 Å². The molecule has 0 fully saturated rings. The maximum Gasteiger partial charge on any atom is 0.227 e. The summed E-state index contributed by atoms with van der Waals surface area (Å²) in [5, 5.41) is 1.94. The Morgan fingerprint density at radius 3 is 2.75 bits per heavy atom. The molecule has 0 unspecified atom stereocenters. The number of aryl methyl sites for hydroxylation is 2. The first kappa shape index (κ1) is 13.1. The lowest BCUT2D eigenvalue weighted by Crippen LogP contribution is -2.31. The Morgan fingerprint density at radius 1 is 1.25 bits per heavy atom. The van der Waals surface area contributed by atoms with Crippen molar-refractivity contribution in [1.82, 2.24) is 0 Å². The molecule has 0 spiro atoms. The molecule has 2 heterocycles. The number of ketones is 1. The Balaban J connectivity index is 1.99. The second kappa shape index (κ2) is 4.87. The van der Waals surface area contributed by atoms with Crippen LogP contribution in [0.2, 0.25) is 0 Å². The SMILES string of the molecule is Cc1ccsc1C(=O)c1ccc2c(c1)CCC(=O)N2C. The standard InChI is InChI=1S/C16H15NO2S/c1-10-7-8-20-16(10)15(19)12-3-5-13-11(9-12)4-6-14(18)17(13)2/h3,5,7-9H,4,6H2,1-2H3. The fourth-order valence-corrected chi connectivity index (χ4v) is 3.42. The molecule has 1 aliphatic heterocycles. The Hall–Kier alpha value is -1.94.